The number of fused-ring (bicyclic) bond motifs is 1. The van der Waals surface area contributed by atoms with E-state index in [9.17, 15) is 0 Å². The summed E-state index contributed by atoms with van der Waals surface area (Å²) in [4.78, 5) is 0. The van der Waals surface area contributed by atoms with E-state index in [1.54, 1.807) is 19.3 Å². The molecule has 2 fully saturated rings. The highest BCUT2D eigenvalue weighted by Crippen LogP contribution is 2.55. The van der Waals surface area contributed by atoms with Crippen molar-refractivity contribution in [1.82, 2.24) is 0 Å². The molecular weight excluding hydrogens is 132 g/mol. The molecule has 4 unspecified atom stereocenters. The molecule has 0 aromatic heterocycles. The van der Waals surface area contributed by atoms with E-state index in [1.807, 2.05) is 0 Å². The molecule has 4 atom stereocenters. The van der Waals surface area contributed by atoms with Gasteiger partial charge in [0.1, 0.15) is 0 Å². The lowest BCUT2D eigenvalue weighted by Gasteiger charge is -2.46. The van der Waals surface area contributed by atoms with E-state index in [0.717, 1.165) is 23.7 Å². The van der Waals surface area contributed by atoms with Gasteiger partial charge in [0.15, 0.2) is 0 Å². The highest BCUT2D eigenvalue weighted by atomic mass is 14.5. The molecule has 0 radical (unpaired) electrons. The third-order valence-electron chi connectivity index (χ3n) is 4.18. The molecule has 0 aromatic carbocycles. The number of rotatable bonds is 1. The highest BCUT2D eigenvalue weighted by Gasteiger charge is 2.46. The molecule has 0 nitrogen and oxygen atoms in total. The summed E-state index contributed by atoms with van der Waals surface area (Å²) in [6, 6.07) is 0. The summed E-state index contributed by atoms with van der Waals surface area (Å²) >= 11 is 0. The fourth-order valence-corrected chi connectivity index (χ4v) is 3.35. The summed E-state index contributed by atoms with van der Waals surface area (Å²) in [5.74, 6) is 4.45. The van der Waals surface area contributed by atoms with Gasteiger partial charge < -0.3 is 0 Å². The van der Waals surface area contributed by atoms with E-state index < -0.39 is 0 Å². The van der Waals surface area contributed by atoms with Crippen molar-refractivity contribution in [2.24, 2.45) is 23.7 Å². The molecule has 0 heteroatoms. The molecule has 11 heavy (non-hydrogen) atoms. The second-order valence-electron chi connectivity index (χ2n) is 4.58. The normalized spacial score (nSPS) is 53.1. The largest absolute Gasteiger partial charge is 0.0876 e. The zero-order valence-corrected chi connectivity index (χ0v) is 7.00. The van der Waals surface area contributed by atoms with Gasteiger partial charge in [0, 0.05) is 0 Å². The quantitative estimate of drug-likeness (QED) is 0.501. The topological polar surface area (TPSA) is 0 Å². The Hall–Kier alpha value is -0.260. The van der Waals surface area contributed by atoms with E-state index in [-0.39, 0.29) is 0 Å². The molecule has 60 valence electrons. The van der Waals surface area contributed by atoms with Gasteiger partial charge in [-0.3, -0.25) is 0 Å². The average Bonchev–Trinajstić information content (AvgIpc) is 2.21. The van der Waals surface area contributed by atoms with Gasteiger partial charge in [-0.2, -0.15) is 0 Å². The van der Waals surface area contributed by atoms with Crippen LogP contribution in [0, 0.1) is 23.7 Å². The van der Waals surface area contributed by atoms with Gasteiger partial charge >= 0.3 is 0 Å². The van der Waals surface area contributed by atoms with Gasteiger partial charge in [-0.1, -0.05) is 25.0 Å². The molecule has 0 bridgehead atoms. The van der Waals surface area contributed by atoms with Crippen LogP contribution < -0.4 is 0 Å². The third kappa shape index (κ3) is 0.758. The van der Waals surface area contributed by atoms with Crippen molar-refractivity contribution in [2.45, 2.75) is 32.1 Å². The highest BCUT2D eigenvalue weighted by molar-refractivity contribution is 5.10. The molecular formula is C11H16. The Morgan fingerprint density at radius 3 is 2.64 bits per heavy atom. The Kier molecular flexibility index (Phi) is 1.21. The van der Waals surface area contributed by atoms with Crippen LogP contribution in [0.15, 0.2) is 12.2 Å². The predicted octanol–water partition coefficient (Wildman–Crippen LogP) is 3.00. The van der Waals surface area contributed by atoms with E-state index >= 15 is 0 Å². The smallest absolute Gasteiger partial charge is 0.0168 e. The van der Waals surface area contributed by atoms with Crippen molar-refractivity contribution in [3.8, 4) is 0 Å². The molecule has 0 spiro atoms. The monoisotopic (exact) mass is 148 g/mol. The summed E-state index contributed by atoms with van der Waals surface area (Å²) in [5.41, 5.74) is 0. The van der Waals surface area contributed by atoms with Crippen molar-refractivity contribution in [3.63, 3.8) is 0 Å². The minimum Gasteiger partial charge on any atom is -0.0876 e. The second kappa shape index (κ2) is 2.12. The van der Waals surface area contributed by atoms with Crippen LogP contribution in [-0.2, 0) is 0 Å². The second-order valence-corrected chi connectivity index (χ2v) is 4.58. The minimum absolute atomic E-state index is 1.01. The van der Waals surface area contributed by atoms with Crippen LogP contribution in [0.5, 0.6) is 0 Å². The first-order valence-corrected chi connectivity index (χ1v) is 5.12. The zero-order chi connectivity index (χ0) is 7.26. The van der Waals surface area contributed by atoms with Gasteiger partial charge in [-0.25, -0.2) is 0 Å². The van der Waals surface area contributed by atoms with Crippen molar-refractivity contribution in [3.05, 3.63) is 12.2 Å². The Morgan fingerprint density at radius 1 is 1.09 bits per heavy atom. The molecule has 0 saturated heterocycles. The van der Waals surface area contributed by atoms with Crippen molar-refractivity contribution < 1.29 is 0 Å². The minimum atomic E-state index is 1.01. The average molecular weight is 148 g/mol. The molecule has 0 amide bonds. The molecule has 3 rings (SSSR count). The summed E-state index contributed by atoms with van der Waals surface area (Å²) in [7, 11) is 0. The molecule has 0 aliphatic heterocycles. The van der Waals surface area contributed by atoms with Gasteiger partial charge in [0.2, 0.25) is 0 Å². The molecule has 3 aliphatic rings. The first-order chi connectivity index (χ1) is 5.45. The molecule has 0 aromatic rings. The fraction of sp³-hybridized carbons (Fsp3) is 0.818. The SMILES string of the molecule is C1=CC(C2CC3CCCC32)C1. The summed E-state index contributed by atoms with van der Waals surface area (Å²) in [6.45, 7) is 0. The van der Waals surface area contributed by atoms with Gasteiger partial charge in [0.05, 0.1) is 0 Å². The Morgan fingerprint density at radius 2 is 2.00 bits per heavy atom. The number of hydrogen-bond donors (Lipinski definition) is 0. The maximum absolute atomic E-state index is 2.44. The van der Waals surface area contributed by atoms with Crippen LogP contribution in [-0.4, -0.2) is 0 Å². The first-order valence-electron chi connectivity index (χ1n) is 5.12. The maximum Gasteiger partial charge on any atom is -0.0168 e. The molecule has 0 N–H and O–H groups in total. The van der Waals surface area contributed by atoms with Crippen LogP contribution in [0.2, 0.25) is 0 Å². The fourth-order valence-electron chi connectivity index (χ4n) is 3.35. The van der Waals surface area contributed by atoms with Crippen LogP contribution >= 0.6 is 0 Å². The third-order valence-corrected chi connectivity index (χ3v) is 4.18. The Bertz CT molecular complexity index is 192. The van der Waals surface area contributed by atoms with Gasteiger partial charge in [0.25, 0.3) is 0 Å². The van der Waals surface area contributed by atoms with Crippen molar-refractivity contribution in [1.29, 1.82) is 0 Å². The van der Waals surface area contributed by atoms with Crippen molar-refractivity contribution >= 4 is 0 Å². The van der Waals surface area contributed by atoms with Gasteiger partial charge in [-0.05, 0) is 42.9 Å². The standard InChI is InChI=1S/C11H16/c1-3-8(4-1)11-7-9-5-2-6-10(9)11/h1,3,8-11H,2,4-7H2. The van der Waals surface area contributed by atoms with E-state index in [2.05, 4.69) is 12.2 Å². The van der Waals surface area contributed by atoms with Crippen molar-refractivity contribution in [2.75, 3.05) is 0 Å². The van der Waals surface area contributed by atoms with Crippen LogP contribution in [0.1, 0.15) is 32.1 Å². The first kappa shape index (κ1) is 6.28. The van der Waals surface area contributed by atoms with E-state index in [1.165, 1.54) is 12.8 Å². The lowest BCUT2D eigenvalue weighted by molar-refractivity contribution is 0.0611. The number of hydrogen-bond acceptors (Lipinski definition) is 0. The van der Waals surface area contributed by atoms with Gasteiger partial charge in [-0.15, -0.1) is 0 Å². The summed E-state index contributed by atoms with van der Waals surface area (Å²) in [6.07, 6.45) is 12.4. The molecule has 0 heterocycles. The number of allylic oxidation sites excluding steroid dienone is 2. The van der Waals surface area contributed by atoms with E-state index in [0.29, 0.717) is 0 Å². The summed E-state index contributed by atoms with van der Waals surface area (Å²) in [5, 5.41) is 0. The zero-order valence-electron chi connectivity index (χ0n) is 7.00. The van der Waals surface area contributed by atoms with Crippen LogP contribution in [0.25, 0.3) is 0 Å². The van der Waals surface area contributed by atoms with Crippen LogP contribution in [0.4, 0.5) is 0 Å². The summed E-state index contributed by atoms with van der Waals surface area (Å²) < 4.78 is 0. The lowest BCUT2D eigenvalue weighted by atomic mass is 9.59. The van der Waals surface area contributed by atoms with Crippen LogP contribution in [0.3, 0.4) is 0 Å². The maximum atomic E-state index is 2.44. The molecule has 3 aliphatic carbocycles. The molecule has 2 saturated carbocycles. The predicted molar refractivity (Wildman–Crippen MR) is 46.2 cm³/mol. The lowest BCUT2D eigenvalue weighted by Crippen LogP contribution is -2.38. The van der Waals surface area contributed by atoms with E-state index in [4.69, 9.17) is 0 Å². The Balaban J connectivity index is 1.69. The Labute approximate surface area is 68.7 Å².